The van der Waals surface area contributed by atoms with Gasteiger partial charge in [-0.3, -0.25) is 4.68 Å². The molecule has 0 aliphatic heterocycles. The van der Waals surface area contributed by atoms with Crippen LogP contribution < -0.4 is 5.32 Å². The van der Waals surface area contributed by atoms with Crippen molar-refractivity contribution in [3.8, 4) is 5.69 Å². The molecular weight excluding hydrogens is 298 g/mol. The molecule has 0 fully saturated rings. The fourth-order valence-electron chi connectivity index (χ4n) is 2.99. The Morgan fingerprint density at radius 1 is 1.08 bits per heavy atom. The van der Waals surface area contributed by atoms with Crippen LogP contribution in [-0.2, 0) is 19.5 Å². The first-order valence-corrected chi connectivity index (χ1v) is 8.62. The summed E-state index contributed by atoms with van der Waals surface area (Å²) in [5.41, 5.74) is 5.89. The summed E-state index contributed by atoms with van der Waals surface area (Å²) < 4.78 is 4.08. The first kappa shape index (κ1) is 16.3. The van der Waals surface area contributed by atoms with Crippen LogP contribution in [0.25, 0.3) is 5.69 Å². The van der Waals surface area contributed by atoms with E-state index in [0.29, 0.717) is 0 Å². The highest BCUT2D eigenvalue weighted by atomic mass is 15.3. The lowest BCUT2D eigenvalue weighted by atomic mass is 10.1. The zero-order chi connectivity index (χ0) is 16.9. The lowest BCUT2D eigenvalue weighted by Crippen LogP contribution is -2.10. The molecule has 2 aromatic heterocycles. The van der Waals surface area contributed by atoms with Crippen LogP contribution in [-0.4, -0.2) is 19.6 Å². The van der Waals surface area contributed by atoms with Gasteiger partial charge in [-0.25, -0.2) is 4.68 Å². The van der Waals surface area contributed by atoms with Crippen molar-refractivity contribution in [2.45, 2.75) is 46.7 Å². The number of para-hydroxylation sites is 1. The van der Waals surface area contributed by atoms with Gasteiger partial charge in [-0.05, 0) is 38.0 Å². The van der Waals surface area contributed by atoms with Crippen LogP contribution in [0.3, 0.4) is 0 Å². The van der Waals surface area contributed by atoms with Gasteiger partial charge in [-0.2, -0.15) is 10.2 Å². The Morgan fingerprint density at radius 2 is 1.92 bits per heavy atom. The summed E-state index contributed by atoms with van der Waals surface area (Å²) in [7, 11) is 0. The molecule has 0 unspecified atom stereocenters. The number of anilines is 1. The SMILES string of the molecule is CCCc1c(NCc2ccnn2CC)cnn1-c1ccccc1C. The quantitative estimate of drug-likeness (QED) is 0.716. The normalized spacial score (nSPS) is 11.0. The minimum absolute atomic E-state index is 0.754. The van der Waals surface area contributed by atoms with E-state index in [0.717, 1.165) is 37.3 Å². The van der Waals surface area contributed by atoms with Gasteiger partial charge < -0.3 is 5.32 Å². The number of aromatic nitrogens is 4. The van der Waals surface area contributed by atoms with Crippen molar-refractivity contribution < 1.29 is 0 Å². The number of aryl methyl sites for hydroxylation is 2. The highest BCUT2D eigenvalue weighted by Crippen LogP contribution is 2.23. The average molecular weight is 323 g/mol. The maximum Gasteiger partial charge on any atom is 0.0767 e. The minimum Gasteiger partial charge on any atom is -0.377 e. The van der Waals surface area contributed by atoms with E-state index in [9.17, 15) is 0 Å². The zero-order valence-corrected chi connectivity index (χ0v) is 14.7. The number of rotatable bonds is 7. The van der Waals surface area contributed by atoms with Gasteiger partial charge in [0.15, 0.2) is 0 Å². The molecule has 0 saturated carbocycles. The van der Waals surface area contributed by atoms with Crippen LogP contribution in [0.2, 0.25) is 0 Å². The molecule has 2 heterocycles. The van der Waals surface area contributed by atoms with Crippen molar-refractivity contribution >= 4 is 5.69 Å². The molecule has 5 heteroatoms. The number of benzene rings is 1. The van der Waals surface area contributed by atoms with Gasteiger partial charge in [-0.15, -0.1) is 0 Å². The van der Waals surface area contributed by atoms with E-state index in [4.69, 9.17) is 0 Å². The summed E-state index contributed by atoms with van der Waals surface area (Å²) in [6.07, 6.45) is 5.86. The lowest BCUT2D eigenvalue weighted by molar-refractivity contribution is 0.627. The van der Waals surface area contributed by atoms with Crippen molar-refractivity contribution in [3.63, 3.8) is 0 Å². The monoisotopic (exact) mass is 323 g/mol. The lowest BCUT2D eigenvalue weighted by Gasteiger charge is -2.12. The van der Waals surface area contributed by atoms with E-state index in [1.807, 2.05) is 17.1 Å². The van der Waals surface area contributed by atoms with Crippen LogP contribution in [0.5, 0.6) is 0 Å². The number of nitrogens with zero attached hydrogens (tertiary/aromatic N) is 4. The Morgan fingerprint density at radius 3 is 2.67 bits per heavy atom. The smallest absolute Gasteiger partial charge is 0.0767 e. The van der Waals surface area contributed by atoms with E-state index in [1.54, 1.807) is 0 Å². The molecule has 0 spiro atoms. The van der Waals surface area contributed by atoms with Crippen LogP contribution in [0, 0.1) is 6.92 Å². The maximum absolute atomic E-state index is 4.64. The zero-order valence-electron chi connectivity index (χ0n) is 14.7. The minimum atomic E-state index is 0.754. The molecule has 5 nitrogen and oxygen atoms in total. The average Bonchev–Trinajstić information content (AvgIpc) is 3.20. The van der Waals surface area contributed by atoms with E-state index in [2.05, 4.69) is 71.3 Å². The van der Waals surface area contributed by atoms with Gasteiger partial charge in [0, 0.05) is 12.7 Å². The van der Waals surface area contributed by atoms with Crippen molar-refractivity contribution in [1.29, 1.82) is 0 Å². The third kappa shape index (κ3) is 3.20. The molecule has 0 bridgehead atoms. The number of hydrogen-bond donors (Lipinski definition) is 1. The molecule has 0 aliphatic carbocycles. The Hall–Kier alpha value is -2.56. The van der Waals surface area contributed by atoms with Crippen molar-refractivity contribution in [1.82, 2.24) is 19.6 Å². The van der Waals surface area contributed by atoms with Gasteiger partial charge in [-0.1, -0.05) is 31.5 Å². The van der Waals surface area contributed by atoms with Gasteiger partial charge in [0.1, 0.15) is 0 Å². The Kier molecular flexibility index (Phi) is 4.99. The van der Waals surface area contributed by atoms with Crippen LogP contribution >= 0.6 is 0 Å². The largest absolute Gasteiger partial charge is 0.377 e. The molecular formula is C19H25N5. The topological polar surface area (TPSA) is 47.7 Å². The summed E-state index contributed by atoms with van der Waals surface area (Å²) in [6, 6.07) is 10.4. The molecule has 3 aromatic rings. The molecule has 24 heavy (non-hydrogen) atoms. The van der Waals surface area contributed by atoms with Crippen molar-refractivity contribution in [3.05, 3.63) is 59.7 Å². The Balaban J connectivity index is 1.88. The van der Waals surface area contributed by atoms with E-state index >= 15 is 0 Å². The Labute approximate surface area is 143 Å². The first-order valence-electron chi connectivity index (χ1n) is 8.62. The second-order valence-corrected chi connectivity index (χ2v) is 5.95. The van der Waals surface area contributed by atoms with Crippen LogP contribution in [0.15, 0.2) is 42.7 Å². The highest BCUT2D eigenvalue weighted by molar-refractivity contribution is 5.52. The molecule has 1 N–H and O–H groups in total. The fourth-order valence-corrected chi connectivity index (χ4v) is 2.99. The van der Waals surface area contributed by atoms with Gasteiger partial charge in [0.2, 0.25) is 0 Å². The first-order chi connectivity index (χ1) is 11.7. The molecule has 0 aliphatic rings. The molecule has 0 saturated heterocycles. The van der Waals surface area contributed by atoms with E-state index in [1.165, 1.54) is 17.0 Å². The summed E-state index contributed by atoms with van der Waals surface area (Å²) in [4.78, 5) is 0. The number of hydrogen-bond acceptors (Lipinski definition) is 3. The number of nitrogens with one attached hydrogen (secondary N) is 1. The summed E-state index contributed by atoms with van der Waals surface area (Å²) in [5, 5.41) is 12.5. The predicted molar refractivity (Wildman–Crippen MR) is 97.5 cm³/mol. The second-order valence-electron chi connectivity index (χ2n) is 5.95. The molecule has 0 atom stereocenters. The van der Waals surface area contributed by atoms with Gasteiger partial charge >= 0.3 is 0 Å². The predicted octanol–water partition coefficient (Wildman–Crippen LogP) is 3.96. The van der Waals surface area contributed by atoms with Crippen LogP contribution in [0.1, 0.15) is 37.2 Å². The molecule has 126 valence electrons. The fraction of sp³-hybridized carbons (Fsp3) is 0.368. The molecule has 3 rings (SSSR count). The van der Waals surface area contributed by atoms with Crippen LogP contribution in [0.4, 0.5) is 5.69 Å². The highest BCUT2D eigenvalue weighted by Gasteiger charge is 2.13. The second kappa shape index (κ2) is 7.34. The standard InChI is InChI=1S/C19H25N5/c1-4-8-19-17(20-13-16-11-12-21-23(16)5-2)14-22-24(19)18-10-7-6-9-15(18)3/h6-7,9-12,14,20H,4-5,8,13H2,1-3H3. The molecule has 0 amide bonds. The molecule has 1 aromatic carbocycles. The summed E-state index contributed by atoms with van der Waals surface area (Å²) in [6.45, 7) is 8.07. The van der Waals surface area contributed by atoms with Crippen molar-refractivity contribution in [2.24, 2.45) is 0 Å². The van der Waals surface area contributed by atoms with E-state index in [-0.39, 0.29) is 0 Å². The van der Waals surface area contributed by atoms with E-state index < -0.39 is 0 Å². The van der Waals surface area contributed by atoms with Crippen molar-refractivity contribution in [2.75, 3.05) is 5.32 Å². The summed E-state index contributed by atoms with van der Waals surface area (Å²) >= 11 is 0. The molecule has 0 radical (unpaired) electrons. The third-order valence-electron chi connectivity index (χ3n) is 4.26. The van der Waals surface area contributed by atoms with Gasteiger partial charge in [0.25, 0.3) is 0 Å². The maximum atomic E-state index is 4.64. The summed E-state index contributed by atoms with van der Waals surface area (Å²) in [5.74, 6) is 0. The third-order valence-corrected chi connectivity index (χ3v) is 4.26. The van der Waals surface area contributed by atoms with Gasteiger partial charge in [0.05, 0.1) is 35.5 Å². The Bertz CT molecular complexity index is 800.